The maximum absolute atomic E-state index is 11.2. The van der Waals surface area contributed by atoms with Crippen LogP contribution in [0, 0.1) is 0 Å². The second-order valence-electron chi connectivity index (χ2n) is 3.29. The van der Waals surface area contributed by atoms with Crippen LogP contribution < -0.4 is 5.32 Å². The van der Waals surface area contributed by atoms with E-state index in [9.17, 15) is 4.79 Å². The van der Waals surface area contributed by atoms with Crippen LogP contribution in [0.4, 0.5) is 0 Å². The van der Waals surface area contributed by atoms with Gasteiger partial charge in [-0.15, -0.1) is 0 Å². The Morgan fingerprint density at radius 3 is 3.18 bits per heavy atom. The first-order valence-corrected chi connectivity index (χ1v) is 3.97. The van der Waals surface area contributed by atoms with Gasteiger partial charge in [0, 0.05) is 19.6 Å². The van der Waals surface area contributed by atoms with Crippen LogP contribution in [-0.2, 0) is 4.79 Å². The fraction of sp³-hybridized carbons (Fsp3) is 0.857. The van der Waals surface area contributed by atoms with Crippen LogP contribution >= 0.6 is 0 Å². The van der Waals surface area contributed by atoms with Crippen LogP contribution in [0.15, 0.2) is 0 Å². The van der Waals surface area contributed by atoms with Crippen LogP contribution in [0.5, 0.6) is 0 Å². The lowest BCUT2D eigenvalue weighted by Crippen LogP contribution is -2.50. The lowest BCUT2D eigenvalue weighted by atomic mass is 10.2. The van der Waals surface area contributed by atoms with Crippen LogP contribution in [0.1, 0.15) is 0 Å². The molecular weight excluding hydrogens is 142 g/mol. The van der Waals surface area contributed by atoms with E-state index in [1.54, 1.807) is 0 Å². The smallest absolute Gasteiger partial charge is 0.239 e. The largest absolute Gasteiger partial charge is 0.342 e. The first kappa shape index (κ1) is 7.06. The molecule has 2 rings (SSSR count). The minimum Gasteiger partial charge on any atom is -0.342 e. The van der Waals surface area contributed by atoms with E-state index >= 15 is 0 Å². The minimum absolute atomic E-state index is 0.119. The number of nitrogens with one attached hydrogen (secondary N) is 1. The Hall–Kier alpha value is -0.610. The number of hydrogen-bond donors (Lipinski definition) is 1. The van der Waals surface area contributed by atoms with Gasteiger partial charge in [-0.05, 0) is 7.05 Å². The number of piperazine rings is 1. The summed E-state index contributed by atoms with van der Waals surface area (Å²) in [4.78, 5) is 15.6. The standard InChI is InChI=1S/C7H13N3O/c1-9-2-3-10-5-8-7(11)6(10)4-9/h6H,2-5H2,1H3,(H,8,11). The summed E-state index contributed by atoms with van der Waals surface area (Å²) in [6.07, 6.45) is 0. The monoisotopic (exact) mass is 155 g/mol. The van der Waals surface area contributed by atoms with Gasteiger partial charge in [-0.3, -0.25) is 9.69 Å². The number of hydrogen-bond acceptors (Lipinski definition) is 3. The molecule has 0 bridgehead atoms. The lowest BCUT2D eigenvalue weighted by Gasteiger charge is -2.32. The van der Waals surface area contributed by atoms with Gasteiger partial charge in [-0.25, -0.2) is 0 Å². The molecule has 0 aromatic carbocycles. The van der Waals surface area contributed by atoms with E-state index in [1.807, 2.05) is 0 Å². The molecule has 0 aromatic heterocycles. The van der Waals surface area contributed by atoms with E-state index in [2.05, 4.69) is 22.2 Å². The molecule has 2 aliphatic rings. The third-order valence-corrected chi connectivity index (χ3v) is 2.45. The summed E-state index contributed by atoms with van der Waals surface area (Å²) in [6, 6.07) is 0.119. The lowest BCUT2D eigenvalue weighted by molar-refractivity contribution is -0.122. The SMILES string of the molecule is CN1CCN2CNC(=O)C2C1. The van der Waals surface area contributed by atoms with E-state index in [1.165, 1.54) is 0 Å². The Balaban J connectivity index is 2.07. The average molecular weight is 155 g/mol. The molecule has 2 heterocycles. The van der Waals surface area contributed by atoms with Gasteiger partial charge in [0.25, 0.3) is 0 Å². The fourth-order valence-corrected chi connectivity index (χ4v) is 1.69. The van der Waals surface area contributed by atoms with Crippen LogP contribution in [0.2, 0.25) is 0 Å². The van der Waals surface area contributed by atoms with E-state index in [-0.39, 0.29) is 11.9 Å². The first-order chi connectivity index (χ1) is 5.27. The maximum atomic E-state index is 11.2. The average Bonchev–Trinajstić information content (AvgIpc) is 2.33. The second-order valence-corrected chi connectivity index (χ2v) is 3.29. The number of amides is 1. The van der Waals surface area contributed by atoms with Crippen LogP contribution in [0.3, 0.4) is 0 Å². The van der Waals surface area contributed by atoms with E-state index in [4.69, 9.17) is 0 Å². The molecule has 1 unspecified atom stereocenters. The molecule has 11 heavy (non-hydrogen) atoms. The quantitative estimate of drug-likeness (QED) is 0.472. The molecule has 2 fully saturated rings. The zero-order valence-corrected chi connectivity index (χ0v) is 6.71. The molecule has 1 atom stereocenters. The summed E-state index contributed by atoms with van der Waals surface area (Å²) < 4.78 is 0. The number of carbonyl (C=O) groups is 1. The van der Waals surface area contributed by atoms with Crippen molar-refractivity contribution in [3.05, 3.63) is 0 Å². The van der Waals surface area contributed by atoms with Crippen molar-refractivity contribution in [2.45, 2.75) is 6.04 Å². The highest BCUT2D eigenvalue weighted by molar-refractivity contribution is 5.83. The maximum Gasteiger partial charge on any atom is 0.239 e. The molecule has 0 aromatic rings. The Kier molecular flexibility index (Phi) is 1.58. The van der Waals surface area contributed by atoms with Gasteiger partial charge in [-0.1, -0.05) is 0 Å². The molecule has 2 saturated heterocycles. The van der Waals surface area contributed by atoms with Crippen molar-refractivity contribution >= 4 is 5.91 Å². The zero-order chi connectivity index (χ0) is 7.84. The minimum atomic E-state index is 0.119. The summed E-state index contributed by atoms with van der Waals surface area (Å²) in [7, 11) is 2.06. The Bertz CT molecular complexity index is 183. The van der Waals surface area contributed by atoms with Gasteiger partial charge >= 0.3 is 0 Å². The van der Waals surface area contributed by atoms with Gasteiger partial charge in [0.1, 0.15) is 6.04 Å². The molecule has 4 heteroatoms. The van der Waals surface area contributed by atoms with E-state index in [0.29, 0.717) is 0 Å². The number of nitrogens with zero attached hydrogens (tertiary/aromatic N) is 2. The second kappa shape index (κ2) is 2.46. The number of likely N-dealkylation sites (N-methyl/N-ethyl adjacent to an activating group) is 1. The molecule has 0 saturated carbocycles. The van der Waals surface area contributed by atoms with E-state index < -0.39 is 0 Å². The molecule has 0 aliphatic carbocycles. The third kappa shape index (κ3) is 1.12. The van der Waals surface area contributed by atoms with Gasteiger partial charge in [-0.2, -0.15) is 0 Å². The molecule has 1 amide bonds. The molecule has 62 valence electrons. The Labute approximate surface area is 66.1 Å². The number of fused-ring (bicyclic) bond motifs is 1. The fourth-order valence-electron chi connectivity index (χ4n) is 1.69. The highest BCUT2D eigenvalue weighted by atomic mass is 16.2. The number of carbonyl (C=O) groups excluding carboxylic acids is 1. The topological polar surface area (TPSA) is 35.6 Å². The predicted molar refractivity (Wildman–Crippen MR) is 41.0 cm³/mol. The molecule has 1 N–H and O–H groups in total. The van der Waals surface area contributed by atoms with Crippen LogP contribution in [0.25, 0.3) is 0 Å². The van der Waals surface area contributed by atoms with Gasteiger partial charge in [0.15, 0.2) is 0 Å². The molecule has 0 spiro atoms. The summed E-state index contributed by atoms with van der Waals surface area (Å²) in [5.41, 5.74) is 0. The molecule has 2 aliphatic heterocycles. The van der Waals surface area contributed by atoms with Gasteiger partial charge < -0.3 is 10.2 Å². The van der Waals surface area contributed by atoms with Crippen molar-refractivity contribution in [3.8, 4) is 0 Å². The molecule has 0 radical (unpaired) electrons. The Morgan fingerprint density at radius 1 is 1.55 bits per heavy atom. The van der Waals surface area contributed by atoms with Crippen molar-refractivity contribution in [2.75, 3.05) is 33.4 Å². The molecule has 4 nitrogen and oxygen atoms in total. The normalized spacial score (nSPS) is 33.5. The van der Waals surface area contributed by atoms with Gasteiger partial charge in [0.05, 0.1) is 6.67 Å². The van der Waals surface area contributed by atoms with Gasteiger partial charge in [0.2, 0.25) is 5.91 Å². The van der Waals surface area contributed by atoms with Crippen molar-refractivity contribution < 1.29 is 4.79 Å². The number of rotatable bonds is 0. The summed E-state index contributed by atoms with van der Waals surface area (Å²) >= 11 is 0. The highest BCUT2D eigenvalue weighted by Crippen LogP contribution is 2.11. The molecular formula is C7H13N3O. The summed E-state index contributed by atoms with van der Waals surface area (Å²) in [5.74, 6) is 0.191. The zero-order valence-electron chi connectivity index (χ0n) is 6.71. The summed E-state index contributed by atoms with van der Waals surface area (Å²) in [6.45, 7) is 3.72. The Morgan fingerprint density at radius 2 is 2.36 bits per heavy atom. The first-order valence-electron chi connectivity index (χ1n) is 3.97. The van der Waals surface area contributed by atoms with E-state index in [0.717, 1.165) is 26.3 Å². The third-order valence-electron chi connectivity index (χ3n) is 2.45. The van der Waals surface area contributed by atoms with Crippen molar-refractivity contribution in [2.24, 2.45) is 0 Å². The van der Waals surface area contributed by atoms with Crippen molar-refractivity contribution in [1.29, 1.82) is 0 Å². The van der Waals surface area contributed by atoms with Crippen molar-refractivity contribution in [3.63, 3.8) is 0 Å². The summed E-state index contributed by atoms with van der Waals surface area (Å²) in [5, 5.41) is 2.84. The van der Waals surface area contributed by atoms with Crippen molar-refractivity contribution in [1.82, 2.24) is 15.1 Å². The predicted octanol–water partition coefficient (Wildman–Crippen LogP) is -1.31. The highest BCUT2D eigenvalue weighted by Gasteiger charge is 2.35. The van der Waals surface area contributed by atoms with Crippen LogP contribution in [-0.4, -0.2) is 55.1 Å².